The second-order valence-electron chi connectivity index (χ2n) is 5.04. The second-order valence-corrected chi connectivity index (χ2v) is 5.04. The van der Waals surface area contributed by atoms with E-state index >= 15 is 0 Å². The maximum Gasteiger partial charge on any atom is 0.159 e. The van der Waals surface area contributed by atoms with Gasteiger partial charge < -0.3 is 15.9 Å². The molecule has 2 aromatic rings. The van der Waals surface area contributed by atoms with E-state index in [2.05, 4.69) is 9.97 Å². The first-order valence-electron chi connectivity index (χ1n) is 5.29. The fourth-order valence-corrected chi connectivity index (χ4v) is 1.51. The quantitative estimate of drug-likeness (QED) is 0.604. The van der Waals surface area contributed by atoms with Gasteiger partial charge in [-0.05, 0) is 6.07 Å². The van der Waals surface area contributed by atoms with Crippen molar-refractivity contribution < 1.29 is 10.2 Å². The Morgan fingerprint density at radius 3 is 2.24 bits per heavy atom. The number of benzene rings is 1. The van der Waals surface area contributed by atoms with Gasteiger partial charge in [-0.15, -0.1) is 0 Å². The molecule has 5 nitrogen and oxygen atoms in total. The normalized spacial score (nSPS) is 11.9. The first-order chi connectivity index (χ1) is 7.79. The van der Waals surface area contributed by atoms with Crippen LogP contribution in [0.2, 0.25) is 0 Å². The Labute approximate surface area is 98.9 Å². The van der Waals surface area contributed by atoms with Crippen LogP contribution in [0, 0.1) is 0 Å². The Bertz CT molecular complexity index is 588. The lowest BCUT2D eigenvalue weighted by Crippen LogP contribution is -2.17. The van der Waals surface area contributed by atoms with Gasteiger partial charge in [0, 0.05) is 16.9 Å². The van der Waals surface area contributed by atoms with Crippen LogP contribution in [0.15, 0.2) is 12.1 Å². The molecule has 0 aliphatic rings. The molecule has 0 saturated heterocycles. The molecule has 5 heteroatoms. The number of anilines is 1. The summed E-state index contributed by atoms with van der Waals surface area (Å²) in [5, 5.41) is 19.4. The highest BCUT2D eigenvalue weighted by Gasteiger charge is 2.19. The van der Waals surface area contributed by atoms with Gasteiger partial charge in [-0.3, -0.25) is 0 Å². The summed E-state index contributed by atoms with van der Waals surface area (Å²) in [7, 11) is 0. The Morgan fingerprint density at radius 2 is 1.65 bits per heavy atom. The summed E-state index contributed by atoms with van der Waals surface area (Å²) in [6.45, 7) is 5.94. The van der Waals surface area contributed by atoms with Crippen LogP contribution < -0.4 is 5.73 Å². The van der Waals surface area contributed by atoms with Crippen LogP contribution in [0.5, 0.6) is 11.5 Å². The molecule has 0 aliphatic carbocycles. The van der Waals surface area contributed by atoms with Gasteiger partial charge in [-0.2, -0.15) is 0 Å². The number of hydrogen-bond acceptors (Lipinski definition) is 5. The molecule has 0 bridgehead atoms. The highest BCUT2D eigenvalue weighted by Crippen LogP contribution is 2.32. The number of hydrogen-bond donors (Lipinski definition) is 3. The lowest BCUT2D eigenvalue weighted by molar-refractivity contribution is 0.404. The van der Waals surface area contributed by atoms with Crippen molar-refractivity contribution in [2.45, 2.75) is 26.2 Å². The number of nitrogen functional groups attached to an aromatic ring is 1. The first kappa shape index (κ1) is 11.4. The molecule has 0 spiro atoms. The SMILES string of the molecule is CC(C)(C)c1nc(N)c2cc(O)c(O)cc2n1. The van der Waals surface area contributed by atoms with Gasteiger partial charge in [0.05, 0.1) is 5.52 Å². The molecule has 0 unspecified atom stereocenters. The minimum Gasteiger partial charge on any atom is -0.504 e. The van der Waals surface area contributed by atoms with Gasteiger partial charge in [0.25, 0.3) is 0 Å². The van der Waals surface area contributed by atoms with Crippen LogP contribution in [0.25, 0.3) is 10.9 Å². The Kier molecular flexibility index (Phi) is 2.34. The third-order valence-electron chi connectivity index (χ3n) is 2.49. The molecule has 0 amide bonds. The van der Waals surface area contributed by atoms with Crippen molar-refractivity contribution in [1.29, 1.82) is 0 Å². The van der Waals surface area contributed by atoms with E-state index in [0.29, 0.717) is 22.5 Å². The van der Waals surface area contributed by atoms with Crippen molar-refractivity contribution in [2.24, 2.45) is 0 Å². The largest absolute Gasteiger partial charge is 0.504 e. The monoisotopic (exact) mass is 233 g/mol. The number of phenols is 2. The van der Waals surface area contributed by atoms with Crippen LogP contribution in [-0.4, -0.2) is 20.2 Å². The van der Waals surface area contributed by atoms with E-state index in [1.54, 1.807) is 0 Å². The van der Waals surface area contributed by atoms with E-state index in [0.717, 1.165) is 0 Å². The van der Waals surface area contributed by atoms with Crippen molar-refractivity contribution in [3.8, 4) is 11.5 Å². The van der Waals surface area contributed by atoms with Crippen molar-refractivity contribution in [3.05, 3.63) is 18.0 Å². The zero-order valence-corrected chi connectivity index (χ0v) is 10.0. The highest BCUT2D eigenvalue weighted by atomic mass is 16.3. The molecule has 0 atom stereocenters. The predicted octanol–water partition coefficient (Wildman–Crippen LogP) is 1.92. The summed E-state index contributed by atoms with van der Waals surface area (Å²) in [6, 6.07) is 2.75. The van der Waals surface area contributed by atoms with Gasteiger partial charge in [0.1, 0.15) is 11.6 Å². The van der Waals surface area contributed by atoms with E-state index in [1.807, 2.05) is 20.8 Å². The minimum atomic E-state index is -0.226. The maximum absolute atomic E-state index is 9.45. The molecule has 0 aliphatic heterocycles. The van der Waals surface area contributed by atoms with Crippen LogP contribution in [0.3, 0.4) is 0 Å². The van der Waals surface area contributed by atoms with Gasteiger partial charge in [-0.1, -0.05) is 20.8 Å². The van der Waals surface area contributed by atoms with Gasteiger partial charge >= 0.3 is 0 Å². The average Bonchev–Trinajstić information content (AvgIpc) is 2.19. The number of aromatic nitrogens is 2. The van der Waals surface area contributed by atoms with Gasteiger partial charge in [0.2, 0.25) is 0 Å². The molecule has 17 heavy (non-hydrogen) atoms. The molecule has 4 N–H and O–H groups in total. The summed E-state index contributed by atoms with van der Waals surface area (Å²) in [5.41, 5.74) is 6.13. The number of aromatic hydroxyl groups is 2. The molecular weight excluding hydrogens is 218 g/mol. The molecule has 1 aromatic carbocycles. The van der Waals surface area contributed by atoms with E-state index in [1.165, 1.54) is 12.1 Å². The molecule has 0 saturated carbocycles. The van der Waals surface area contributed by atoms with Gasteiger partial charge in [-0.25, -0.2) is 9.97 Å². The molecule has 2 rings (SSSR count). The lowest BCUT2D eigenvalue weighted by atomic mass is 9.95. The van der Waals surface area contributed by atoms with Crippen molar-refractivity contribution >= 4 is 16.7 Å². The van der Waals surface area contributed by atoms with E-state index < -0.39 is 0 Å². The van der Waals surface area contributed by atoms with Crippen molar-refractivity contribution in [2.75, 3.05) is 5.73 Å². The molecule has 1 aromatic heterocycles. The number of rotatable bonds is 0. The predicted molar refractivity (Wildman–Crippen MR) is 66.0 cm³/mol. The van der Waals surface area contributed by atoms with Crippen LogP contribution in [0.4, 0.5) is 5.82 Å². The number of phenolic OH excluding ortho intramolecular Hbond substituents is 2. The standard InChI is InChI=1S/C12H15N3O2/c1-12(2,3)11-14-7-5-9(17)8(16)4-6(7)10(13)15-11/h4-5,16-17H,1-3H3,(H2,13,14,15). The lowest BCUT2D eigenvalue weighted by Gasteiger charge is -2.17. The molecule has 90 valence electrons. The van der Waals surface area contributed by atoms with Crippen LogP contribution in [-0.2, 0) is 5.41 Å². The van der Waals surface area contributed by atoms with E-state index in [-0.39, 0.29) is 16.9 Å². The second kappa shape index (κ2) is 3.48. The molecule has 0 fully saturated rings. The number of fused-ring (bicyclic) bond motifs is 1. The summed E-state index contributed by atoms with van der Waals surface area (Å²) in [5.74, 6) is 0.467. The zero-order chi connectivity index (χ0) is 12.8. The summed E-state index contributed by atoms with van der Waals surface area (Å²) in [6.07, 6.45) is 0. The highest BCUT2D eigenvalue weighted by molar-refractivity contribution is 5.90. The summed E-state index contributed by atoms with van der Waals surface area (Å²) < 4.78 is 0. The maximum atomic E-state index is 9.45. The van der Waals surface area contributed by atoms with Crippen molar-refractivity contribution in [3.63, 3.8) is 0 Å². The third-order valence-corrected chi connectivity index (χ3v) is 2.49. The Hall–Kier alpha value is -2.04. The van der Waals surface area contributed by atoms with Crippen molar-refractivity contribution in [1.82, 2.24) is 9.97 Å². The topological polar surface area (TPSA) is 92.3 Å². The zero-order valence-electron chi connectivity index (χ0n) is 10.0. The van der Waals surface area contributed by atoms with Crippen LogP contribution >= 0.6 is 0 Å². The van der Waals surface area contributed by atoms with Crippen LogP contribution in [0.1, 0.15) is 26.6 Å². The number of nitrogens with zero attached hydrogens (tertiary/aromatic N) is 2. The molecule has 0 radical (unpaired) electrons. The fraction of sp³-hybridized carbons (Fsp3) is 0.333. The third kappa shape index (κ3) is 1.95. The smallest absolute Gasteiger partial charge is 0.159 e. The average molecular weight is 233 g/mol. The van der Waals surface area contributed by atoms with E-state index in [4.69, 9.17) is 5.73 Å². The minimum absolute atomic E-state index is 0.213. The Morgan fingerprint density at radius 1 is 1.06 bits per heavy atom. The Balaban J connectivity index is 2.78. The van der Waals surface area contributed by atoms with Gasteiger partial charge in [0.15, 0.2) is 11.5 Å². The fourth-order valence-electron chi connectivity index (χ4n) is 1.51. The molecule has 1 heterocycles. The van der Waals surface area contributed by atoms with E-state index in [9.17, 15) is 10.2 Å². The first-order valence-corrected chi connectivity index (χ1v) is 5.29. The molecular formula is C12H15N3O2. The summed E-state index contributed by atoms with van der Waals surface area (Å²) >= 11 is 0. The number of nitrogens with two attached hydrogens (primary N) is 1. The summed E-state index contributed by atoms with van der Waals surface area (Å²) in [4.78, 5) is 8.56.